The second-order valence-electron chi connectivity index (χ2n) is 14.9. The van der Waals surface area contributed by atoms with Crippen molar-refractivity contribution in [3.8, 4) is 33.8 Å². The van der Waals surface area contributed by atoms with Crippen LogP contribution >= 0.6 is 15.9 Å². The zero-order valence-electron chi connectivity index (χ0n) is 37.0. The number of anilines is 10. The van der Waals surface area contributed by atoms with E-state index in [-0.39, 0.29) is 35.9 Å². The number of benzene rings is 4. The van der Waals surface area contributed by atoms with Crippen molar-refractivity contribution < 1.29 is 27.8 Å². The lowest BCUT2D eigenvalue weighted by molar-refractivity contribution is -0.115. The van der Waals surface area contributed by atoms with Gasteiger partial charge in [0.05, 0.1) is 41.0 Å². The molecule has 4 aromatic heterocycles. The topological polar surface area (TPSA) is 203 Å². The third-order valence-corrected chi connectivity index (χ3v) is 10.7. The predicted molar refractivity (Wildman–Crippen MR) is 264 cm³/mol. The van der Waals surface area contributed by atoms with Gasteiger partial charge >= 0.3 is 0 Å². The Labute approximate surface area is 401 Å². The third-order valence-electron chi connectivity index (χ3n) is 10.1. The second-order valence-corrected chi connectivity index (χ2v) is 15.8. The fourth-order valence-electron chi connectivity index (χ4n) is 6.74. The molecule has 0 saturated carbocycles. The van der Waals surface area contributed by atoms with Crippen LogP contribution in [0.3, 0.4) is 0 Å². The lowest BCUT2D eigenvalue weighted by atomic mass is 10.1. The van der Waals surface area contributed by atoms with Gasteiger partial charge in [0, 0.05) is 73.1 Å². The van der Waals surface area contributed by atoms with Crippen LogP contribution in [0.25, 0.3) is 22.3 Å². The molecule has 0 unspecified atom stereocenters. The van der Waals surface area contributed by atoms with Gasteiger partial charge in [-0.1, -0.05) is 25.3 Å². The summed E-state index contributed by atoms with van der Waals surface area (Å²) < 4.78 is 45.7. The summed E-state index contributed by atoms with van der Waals surface area (Å²) >= 11 is 3.22. The summed E-state index contributed by atoms with van der Waals surface area (Å²) in [6, 6.07) is 20.7. The largest absolute Gasteiger partial charge is 0.497 e. The van der Waals surface area contributed by atoms with E-state index in [1.807, 2.05) is 0 Å². The van der Waals surface area contributed by atoms with Gasteiger partial charge in [0.2, 0.25) is 17.8 Å². The van der Waals surface area contributed by atoms with E-state index in [1.54, 1.807) is 109 Å². The molecule has 0 spiro atoms. The highest BCUT2D eigenvalue weighted by Crippen LogP contribution is 2.37. The molecule has 18 nitrogen and oxygen atoms in total. The Kier molecular flexibility index (Phi) is 13.9. The smallest absolute Gasteiger partial charge is 0.253 e. The lowest BCUT2D eigenvalue weighted by Crippen LogP contribution is -2.33. The molecule has 2 amide bonds. The molecule has 4 aromatic carbocycles. The first-order chi connectivity index (χ1) is 33.3. The highest BCUT2D eigenvalue weighted by molar-refractivity contribution is 9.10. The zero-order chi connectivity index (χ0) is 48.6. The van der Waals surface area contributed by atoms with Crippen molar-refractivity contribution in [2.75, 3.05) is 45.3 Å². The first kappa shape index (κ1) is 46.5. The van der Waals surface area contributed by atoms with E-state index in [9.17, 15) is 14.0 Å². The average molecular weight is 996 g/mol. The SMILES string of the molecule is C=CC(=O)Nc1ccc(F)c(Nc2nc(Nc3cnn(C)c3)ncc2-c2cc(OC)cc(OCN(C(=O)C=C)c3cccc(Nc4nc(Nc5cnn(C)c5)ncc4-c4ccc(Br)c(F)c4)c3)c2)c1. The number of amides is 2. The molecule has 348 valence electrons. The number of ether oxygens (including phenoxy) is 2. The molecule has 8 rings (SSSR count). The minimum atomic E-state index is -0.626. The number of aromatic nitrogens is 8. The van der Waals surface area contributed by atoms with Crippen LogP contribution in [0.15, 0.2) is 146 Å². The van der Waals surface area contributed by atoms with Gasteiger partial charge < -0.3 is 36.1 Å². The number of nitrogens with one attached hydrogen (secondary N) is 5. The predicted octanol–water partition coefficient (Wildman–Crippen LogP) is 9.77. The summed E-state index contributed by atoms with van der Waals surface area (Å²) in [6.07, 6.45) is 12.1. The van der Waals surface area contributed by atoms with Crippen LogP contribution in [0.4, 0.5) is 66.4 Å². The number of carbonyl (C=O) groups is 2. The fraction of sp³-hybridized carbons (Fsp3) is 0.0833. The molecule has 4 heterocycles. The van der Waals surface area contributed by atoms with E-state index < -0.39 is 23.4 Å². The van der Waals surface area contributed by atoms with Crippen molar-refractivity contribution in [1.29, 1.82) is 0 Å². The van der Waals surface area contributed by atoms with Crippen LogP contribution in [-0.4, -0.2) is 65.2 Å². The van der Waals surface area contributed by atoms with Crippen LogP contribution in [-0.2, 0) is 23.7 Å². The highest BCUT2D eigenvalue weighted by Gasteiger charge is 2.20. The van der Waals surface area contributed by atoms with E-state index >= 15 is 4.39 Å². The average Bonchev–Trinajstić information content (AvgIpc) is 3.96. The number of carbonyl (C=O) groups excluding carboxylic acids is 2. The summed E-state index contributed by atoms with van der Waals surface area (Å²) in [7, 11) is 5.03. The molecule has 8 aromatic rings. The van der Waals surface area contributed by atoms with Crippen LogP contribution in [0.5, 0.6) is 11.5 Å². The van der Waals surface area contributed by atoms with Gasteiger partial charge in [0.25, 0.3) is 5.91 Å². The van der Waals surface area contributed by atoms with Gasteiger partial charge in [-0.2, -0.15) is 20.2 Å². The first-order valence-corrected chi connectivity index (χ1v) is 21.5. The lowest BCUT2D eigenvalue weighted by Gasteiger charge is -2.23. The van der Waals surface area contributed by atoms with Gasteiger partial charge in [0.1, 0.15) is 34.8 Å². The van der Waals surface area contributed by atoms with Gasteiger partial charge in [-0.3, -0.25) is 23.9 Å². The Bertz CT molecular complexity index is 3230. The number of rotatable bonds is 18. The zero-order valence-corrected chi connectivity index (χ0v) is 38.6. The second kappa shape index (κ2) is 20.7. The third kappa shape index (κ3) is 11.4. The molecule has 0 radical (unpaired) electrons. The molecule has 0 fully saturated rings. The fourth-order valence-corrected chi connectivity index (χ4v) is 6.99. The maximum Gasteiger partial charge on any atom is 0.253 e. The van der Waals surface area contributed by atoms with Gasteiger partial charge in [0.15, 0.2) is 6.73 Å². The summed E-state index contributed by atoms with van der Waals surface area (Å²) in [5.41, 5.74) is 4.43. The van der Waals surface area contributed by atoms with Crippen LogP contribution in [0.1, 0.15) is 0 Å². The van der Waals surface area contributed by atoms with Crippen LogP contribution in [0.2, 0.25) is 0 Å². The molecule has 0 bridgehead atoms. The van der Waals surface area contributed by atoms with E-state index in [4.69, 9.17) is 19.4 Å². The molecule has 0 aliphatic carbocycles. The number of hydrogen-bond donors (Lipinski definition) is 5. The van der Waals surface area contributed by atoms with E-state index in [0.29, 0.717) is 66.7 Å². The van der Waals surface area contributed by atoms with Crippen molar-refractivity contribution in [2.24, 2.45) is 14.1 Å². The summed E-state index contributed by atoms with van der Waals surface area (Å²) in [6.45, 7) is 6.90. The van der Waals surface area contributed by atoms with Crippen molar-refractivity contribution in [1.82, 2.24) is 39.5 Å². The molecular weight excluding hydrogens is 955 g/mol. The Hall–Kier alpha value is -8.98. The van der Waals surface area contributed by atoms with Crippen LogP contribution < -0.4 is 41.0 Å². The van der Waals surface area contributed by atoms with Crippen LogP contribution in [0, 0.1) is 11.6 Å². The standard InChI is InChI=1S/C48H41BrF2N14O4/c1-6-43(66)56-31-12-14-40(50)42(19-31)60-46-38(24-53-48(62-46)59-33-22-55-64(4)26-33)29-15-35(68-5)20-36(16-29)69-27-65(44(67)7-2)34-10-8-9-30(18-34)57-45-37(28-11-13-39(49)41(51)17-28)23-52-47(61-45)58-32-21-54-63(3)25-32/h6-26H,1-2,27H2,3-5H3,(H,56,66)(H2,52,57,58,61)(H2,53,59,60,62). The van der Waals surface area contributed by atoms with Crippen molar-refractivity contribution in [3.63, 3.8) is 0 Å². The minimum Gasteiger partial charge on any atom is -0.497 e. The summed E-state index contributed by atoms with van der Waals surface area (Å²) in [4.78, 5) is 45.4. The molecule has 0 aliphatic heterocycles. The van der Waals surface area contributed by atoms with Gasteiger partial charge in [-0.15, -0.1) is 0 Å². The Morgan fingerprint density at radius 3 is 2.00 bits per heavy atom. The van der Waals surface area contributed by atoms with Gasteiger partial charge in [-0.05, 0) is 99.9 Å². The maximum atomic E-state index is 15.4. The molecule has 69 heavy (non-hydrogen) atoms. The maximum absolute atomic E-state index is 15.4. The summed E-state index contributed by atoms with van der Waals surface area (Å²) in [5, 5.41) is 23.6. The Morgan fingerprint density at radius 1 is 0.710 bits per heavy atom. The Morgan fingerprint density at radius 2 is 1.38 bits per heavy atom. The molecule has 21 heteroatoms. The monoisotopic (exact) mass is 994 g/mol. The van der Waals surface area contributed by atoms with E-state index in [0.717, 1.165) is 12.2 Å². The van der Waals surface area contributed by atoms with Crippen molar-refractivity contribution >= 4 is 85.4 Å². The number of methoxy groups -OCH3 is 1. The quantitative estimate of drug-likeness (QED) is 0.0401. The molecule has 0 aliphatic rings. The molecule has 0 saturated heterocycles. The van der Waals surface area contributed by atoms with Gasteiger partial charge in [-0.25, -0.2) is 18.7 Å². The number of hydrogen-bond acceptors (Lipinski definition) is 14. The minimum absolute atomic E-state index is 0.00111. The summed E-state index contributed by atoms with van der Waals surface area (Å²) in [5.74, 6) is -0.455. The highest BCUT2D eigenvalue weighted by atomic mass is 79.9. The van der Waals surface area contributed by atoms with E-state index in [1.165, 1.54) is 42.5 Å². The number of halogens is 3. The molecule has 5 N–H and O–H groups in total. The molecule has 0 atom stereocenters. The normalized spacial score (nSPS) is 10.8. The van der Waals surface area contributed by atoms with Crippen molar-refractivity contribution in [3.05, 3.63) is 157 Å². The Balaban J connectivity index is 1.09. The van der Waals surface area contributed by atoms with Crippen molar-refractivity contribution in [2.45, 2.75) is 0 Å². The van der Waals surface area contributed by atoms with E-state index in [2.05, 4.69) is 75.8 Å². The number of aryl methyl sites for hydroxylation is 2. The number of nitrogens with zero attached hydrogens (tertiary/aromatic N) is 9. The first-order valence-electron chi connectivity index (χ1n) is 20.7. The molecular formula is C48H41BrF2N14O4.